The first-order valence-electron chi connectivity index (χ1n) is 8.60. The molecule has 0 saturated heterocycles. The van der Waals surface area contributed by atoms with Gasteiger partial charge in [0.1, 0.15) is 16.2 Å². The summed E-state index contributed by atoms with van der Waals surface area (Å²) in [5.74, 6) is 1.77. The number of hydrogen-bond donors (Lipinski definition) is 1. The molecule has 1 aliphatic carbocycles. The summed E-state index contributed by atoms with van der Waals surface area (Å²) < 4.78 is 0. The van der Waals surface area contributed by atoms with Crippen molar-refractivity contribution in [3.63, 3.8) is 0 Å². The second kappa shape index (κ2) is 7.40. The first kappa shape index (κ1) is 17.7. The predicted octanol–water partition coefficient (Wildman–Crippen LogP) is 4.34. The maximum absolute atomic E-state index is 12.4. The lowest BCUT2D eigenvalue weighted by Crippen LogP contribution is -2.44. The van der Waals surface area contributed by atoms with Gasteiger partial charge in [0.15, 0.2) is 0 Å². The third kappa shape index (κ3) is 3.59. The Morgan fingerprint density at radius 1 is 1.33 bits per heavy atom. The number of nitrogens with zero attached hydrogens (tertiary/aromatic N) is 2. The molecular formula is C18H25N3OS2. The van der Waals surface area contributed by atoms with Crippen molar-refractivity contribution in [2.75, 3.05) is 5.75 Å². The van der Waals surface area contributed by atoms with Gasteiger partial charge in [0.25, 0.3) is 0 Å². The molecule has 0 spiro atoms. The Hall–Kier alpha value is -1.14. The van der Waals surface area contributed by atoms with Crippen LogP contribution in [-0.2, 0) is 4.79 Å². The van der Waals surface area contributed by atoms with Gasteiger partial charge in [-0.15, -0.1) is 11.3 Å². The molecule has 6 heteroatoms. The maximum Gasteiger partial charge on any atom is 0.230 e. The number of amides is 1. The highest BCUT2D eigenvalue weighted by Crippen LogP contribution is 2.34. The lowest BCUT2D eigenvalue weighted by molar-refractivity contribution is -0.119. The molecule has 1 amide bonds. The molecule has 0 aliphatic heterocycles. The third-order valence-corrected chi connectivity index (χ3v) is 7.43. The van der Waals surface area contributed by atoms with Crippen molar-refractivity contribution in [3.8, 4) is 0 Å². The van der Waals surface area contributed by atoms with Gasteiger partial charge in [0, 0.05) is 16.3 Å². The summed E-state index contributed by atoms with van der Waals surface area (Å²) in [5, 5.41) is 5.26. The van der Waals surface area contributed by atoms with E-state index in [1.54, 1.807) is 17.7 Å². The number of nitrogens with one attached hydrogen (secondary N) is 1. The van der Waals surface area contributed by atoms with Gasteiger partial charge in [-0.1, -0.05) is 38.5 Å². The minimum Gasteiger partial charge on any atom is -0.352 e. The quantitative estimate of drug-likeness (QED) is 0.648. The molecule has 4 nitrogen and oxygen atoms in total. The largest absolute Gasteiger partial charge is 0.352 e. The van der Waals surface area contributed by atoms with E-state index in [-0.39, 0.29) is 5.91 Å². The second-order valence-electron chi connectivity index (χ2n) is 6.87. The fourth-order valence-corrected chi connectivity index (χ4v) is 5.36. The van der Waals surface area contributed by atoms with Gasteiger partial charge in [-0.2, -0.15) is 0 Å². The van der Waals surface area contributed by atoms with Crippen LogP contribution >= 0.6 is 23.1 Å². The van der Waals surface area contributed by atoms with Crippen molar-refractivity contribution in [2.24, 2.45) is 11.8 Å². The molecule has 24 heavy (non-hydrogen) atoms. The van der Waals surface area contributed by atoms with Crippen LogP contribution < -0.4 is 5.32 Å². The normalized spacial score (nSPS) is 24.2. The van der Waals surface area contributed by atoms with E-state index in [9.17, 15) is 4.79 Å². The van der Waals surface area contributed by atoms with Gasteiger partial charge in [-0.05, 0) is 37.7 Å². The van der Waals surface area contributed by atoms with E-state index in [0.29, 0.717) is 23.6 Å². The summed E-state index contributed by atoms with van der Waals surface area (Å²) in [4.78, 5) is 23.4. The van der Waals surface area contributed by atoms with Gasteiger partial charge in [0.05, 0.1) is 5.75 Å². The zero-order chi connectivity index (χ0) is 17.3. The van der Waals surface area contributed by atoms with Crippen molar-refractivity contribution in [2.45, 2.75) is 58.0 Å². The molecule has 1 N–H and O–H groups in total. The fourth-order valence-electron chi connectivity index (χ4n) is 3.43. The van der Waals surface area contributed by atoms with Crippen LogP contribution in [0, 0.1) is 25.7 Å². The lowest BCUT2D eigenvalue weighted by Gasteiger charge is -2.34. The molecule has 3 atom stereocenters. The summed E-state index contributed by atoms with van der Waals surface area (Å²) in [6, 6.07) is 0.317. The van der Waals surface area contributed by atoms with Gasteiger partial charge in [0.2, 0.25) is 5.91 Å². The highest BCUT2D eigenvalue weighted by molar-refractivity contribution is 8.00. The van der Waals surface area contributed by atoms with Crippen molar-refractivity contribution >= 4 is 39.2 Å². The molecule has 0 unspecified atom stereocenters. The molecule has 1 saturated carbocycles. The zero-order valence-electron chi connectivity index (χ0n) is 14.8. The monoisotopic (exact) mass is 363 g/mol. The number of rotatable bonds is 4. The number of thiophene rings is 1. The Morgan fingerprint density at radius 3 is 2.92 bits per heavy atom. The van der Waals surface area contributed by atoms with Crippen molar-refractivity contribution < 1.29 is 4.79 Å². The molecule has 1 aliphatic rings. The lowest BCUT2D eigenvalue weighted by atomic mass is 9.78. The molecule has 130 valence electrons. The number of aryl methyl sites for hydroxylation is 2. The van der Waals surface area contributed by atoms with Crippen molar-refractivity contribution in [3.05, 3.63) is 16.8 Å². The predicted molar refractivity (Wildman–Crippen MR) is 102 cm³/mol. The second-order valence-corrected chi connectivity index (χ2v) is 9.04. The molecule has 0 aromatic carbocycles. The van der Waals surface area contributed by atoms with Crippen LogP contribution in [-0.4, -0.2) is 27.7 Å². The number of aromatic nitrogens is 2. The van der Waals surface area contributed by atoms with E-state index in [1.165, 1.54) is 35.0 Å². The molecule has 0 bridgehead atoms. The van der Waals surface area contributed by atoms with E-state index in [4.69, 9.17) is 0 Å². The zero-order valence-corrected chi connectivity index (χ0v) is 16.4. The molecular weight excluding hydrogens is 338 g/mol. The number of thioether (sulfide) groups is 1. The Balaban J connectivity index is 1.64. The molecule has 0 radical (unpaired) electrons. The Bertz CT molecular complexity index is 743. The van der Waals surface area contributed by atoms with E-state index in [0.717, 1.165) is 21.7 Å². The van der Waals surface area contributed by atoms with E-state index >= 15 is 0 Å². The van der Waals surface area contributed by atoms with Gasteiger partial charge in [-0.3, -0.25) is 4.79 Å². The van der Waals surface area contributed by atoms with E-state index in [2.05, 4.69) is 43.0 Å². The fraction of sp³-hybridized carbons (Fsp3) is 0.611. The van der Waals surface area contributed by atoms with Crippen LogP contribution in [0.3, 0.4) is 0 Å². The Labute approximate surface area is 151 Å². The first-order chi connectivity index (χ1) is 11.5. The topological polar surface area (TPSA) is 54.9 Å². The molecule has 1 fully saturated rings. The average molecular weight is 364 g/mol. The number of fused-ring (bicyclic) bond motifs is 1. The van der Waals surface area contributed by atoms with E-state index < -0.39 is 0 Å². The third-order valence-electron chi connectivity index (χ3n) is 5.32. The average Bonchev–Trinajstić information content (AvgIpc) is 2.85. The smallest absolute Gasteiger partial charge is 0.230 e. The standard InChI is InChI=1S/C18H25N3OS2/c1-10-6-5-7-14(11(10)2)21-15(22)8-23-17-16-12(3)13(4)24-18(16)20-9-19-17/h9-11,14H,5-8H2,1-4H3,(H,21,22)/t10-,11-,14+/m1/s1. The van der Waals surface area contributed by atoms with Crippen LogP contribution in [0.4, 0.5) is 0 Å². The summed E-state index contributed by atoms with van der Waals surface area (Å²) >= 11 is 3.21. The SMILES string of the molecule is Cc1sc2ncnc(SCC(=O)N[C@H]3CCC[C@@H](C)[C@H]3C)c2c1C. The molecule has 2 aromatic heterocycles. The van der Waals surface area contributed by atoms with Gasteiger partial charge >= 0.3 is 0 Å². The Kier molecular flexibility index (Phi) is 5.45. The first-order valence-corrected chi connectivity index (χ1v) is 10.4. The van der Waals surface area contributed by atoms with Crippen molar-refractivity contribution in [1.29, 1.82) is 0 Å². The molecule has 3 rings (SSSR count). The van der Waals surface area contributed by atoms with Gasteiger partial charge in [-0.25, -0.2) is 9.97 Å². The summed E-state index contributed by atoms with van der Waals surface area (Å²) in [6.45, 7) is 8.76. The summed E-state index contributed by atoms with van der Waals surface area (Å²) in [6.07, 6.45) is 5.19. The molecule has 2 heterocycles. The summed E-state index contributed by atoms with van der Waals surface area (Å²) in [5.41, 5.74) is 1.23. The van der Waals surface area contributed by atoms with Crippen molar-refractivity contribution in [1.82, 2.24) is 15.3 Å². The van der Waals surface area contributed by atoms with Crippen LogP contribution in [0.25, 0.3) is 10.2 Å². The minimum absolute atomic E-state index is 0.113. The van der Waals surface area contributed by atoms with Crippen LogP contribution in [0.2, 0.25) is 0 Å². The van der Waals surface area contributed by atoms with Crippen LogP contribution in [0.1, 0.15) is 43.6 Å². The summed E-state index contributed by atoms with van der Waals surface area (Å²) in [7, 11) is 0. The van der Waals surface area contributed by atoms with Gasteiger partial charge < -0.3 is 5.32 Å². The Morgan fingerprint density at radius 2 is 2.12 bits per heavy atom. The highest BCUT2D eigenvalue weighted by atomic mass is 32.2. The van der Waals surface area contributed by atoms with Crippen LogP contribution in [0.5, 0.6) is 0 Å². The number of hydrogen-bond acceptors (Lipinski definition) is 5. The van der Waals surface area contributed by atoms with E-state index in [1.807, 2.05) is 0 Å². The number of carbonyl (C=O) groups is 1. The maximum atomic E-state index is 12.4. The highest BCUT2D eigenvalue weighted by Gasteiger charge is 2.28. The van der Waals surface area contributed by atoms with Crippen LogP contribution in [0.15, 0.2) is 11.4 Å². The minimum atomic E-state index is 0.113. The molecule has 2 aromatic rings. The number of carbonyl (C=O) groups excluding carboxylic acids is 1.